The molecule has 3 aromatic carbocycles. The summed E-state index contributed by atoms with van der Waals surface area (Å²) in [5, 5.41) is 15.5. The summed E-state index contributed by atoms with van der Waals surface area (Å²) >= 11 is 0. The van der Waals surface area contributed by atoms with Crippen LogP contribution in [0.3, 0.4) is 0 Å². The van der Waals surface area contributed by atoms with Crippen molar-refractivity contribution in [2.75, 3.05) is 52.7 Å². The number of unbranched alkanes of at least 4 members (excludes halogenated alkanes) is 13. The van der Waals surface area contributed by atoms with Gasteiger partial charge in [-0.25, -0.2) is 9.59 Å². The Morgan fingerprint density at radius 3 is 0.815 bits per heavy atom. The lowest BCUT2D eigenvalue weighted by Gasteiger charge is -2.36. The van der Waals surface area contributed by atoms with E-state index >= 15 is 14.4 Å². The zero-order chi connectivity index (χ0) is 79.2. The van der Waals surface area contributed by atoms with E-state index in [1.165, 1.54) is 0 Å². The normalized spacial score (nSPS) is 13.9. The second-order valence-corrected chi connectivity index (χ2v) is 30.0. The third kappa shape index (κ3) is 37.7. The highest BCUT2D eigenvalue weighted by Crippen LogP contribution is 2.37. The molecule has 0 aliphatic heterocycles. The van der Waals surface area contributed by atoms with Gasteiger partial charge in [0.05, 0.1) is 39.6 Å². The van der Waals surface area contributed by atoms with E-state index in [9.17, 15) is 14.4 Å². The van der Waals surface area contributed by atoms with Crippen molar-refractivity contribution >= 4 is 35.9 Å². The molecule has 20 nitrogen and oxygen atoms in total. The maximum absolute atomic E-state index is 15.2. The van der Waals surface area contributed by atoms with Gasteiger partial charge in [-0.2, -0.15) is 0 Å². The standard InChI is InChI=1S/C88H121N5O15/c1-16-22-28-36-50-100-74-56-65(57-75(101-51-37-29-23-17-2)71(74)44-34-35-47-80(94)106-86(7,8)9)81(95)91-68-62-69(92-82(96)66-58-76(102-52-38-30-24-18-3)72(77(59-66)103-53-39-31-25-19-4)45-42-48-89-84(98)107-87(10,11)12)64-70(63-68)93-83(97)67-60-78(104-54-40-32-26-20-5)73(79(61-67)105-55-41-33-27-21-6)46-43-49-90-85(99)108-88(13,14)15/h1-6,56-61,68-70H,22-55,62-64H2,7-15H3,(H,89,98)(H,90,99)(H,91,95)(H,92,96)(H,93,97)/t68?,69-,70+. The molecule has 0 aromatic heterocycles. The Kier molecular flexibility index (Phi) is 41.9. The summed E-state index contributed by atoms with van der Waals surface area (Å²) in [5.74, 6) is 17.0. The first-order valence-electron chi connectivity index (χ1n) is 38.7. The second kappa shape index (κ2) is 50.0. The summed E-state index contributed by atoms with van der Waals surface area (Å²) in [6.45, 7) is 18.6. The van der Waals surface area contributed by atoms with Gasteiger partial charge in [0.25, 0.3) is 17.7 Å². The number of esters is 1. The molecule has 1 unspecified atom stereocenters. The summed E-state index contributed by atoms with van der Waals surface area (Å²) in [6.07, 6.45) is 48.4. The first-order valence-corrected chi connectivity index (χ1v) is 38.7. The van der Waals surface area contributed by atoms with Crippen molar-refractivity contribution in [2.24, 2.45) is 0 Å². The van der Waals surface area contributed by atoms with Crippen LogP contribution in [0.2, 0.25) is 0 Å². The molecule has 0 radical (unpaired) electrons. The molecule has 1 fully saturated rings. The minimum Gasteiger partial charge on any atom is -0.493 e. The summed E-state index contributed by atoms with van der Waals surface area (Å²) in [7, 11) is 0. The molecule has 0 heterocycles. The van der Waals surface area contributed by atoms with Crippen LogP contribution in [0.1, 0.15) is 277 Å². The monoisotopic (exact) mass is 1490 g/mol. The molecule has 5 amide bonds. The molecule has 108 heavy (non-hydrogen) atoms. The van der Waals surface area contributed by atoms with E-state index in [4.69, 9.17) is 81.2 Å². The molecule has 4 rings (SSSR count). The maximum Gasteiger partial charge on any atom is 0.407 e. The molecule has 588 valence electrons. The van der Waals surface area contributed by atoms with Gasteiger partial charge in [0.1, 0.15) is 51.3 Å². The largest absolute Gasteiger partial charge is 0.493 e. The first-order chi connectivity index (χ1) is 51.7. The van der Waals surface area contributed by atoms with Crippen LogP contribution in [0.5, 0.6) is 34.5 Å². The quantitative estimate of drug-likeness (QED) is 0.0153. The Hall–Kier alpha value is -9.76. The van der Waals surface area contributed by atoms with Crippen molar-refractivity contribution in [1.29, 1.82) is 0 Å². The smallest absolute Gasteiger partial charge is 0.407 e. The lowest BCUT2D eigenvalue weighted by molar-refractivity contribution is -0.154. The van der Waals surface area contributed by atoms with Gasteiger partial charge < -0.3 is 69.2 Å². The molecular formula is C88H121N5O15. The van der Waals surface area contributed by atoms with E-state index in [2.05, 4.69) is 62.1 Å². The predicted octanol–water partition coefficient (Wildman–Crippen LogP) is 15.6. The fraction of sp³-hybridized carbons (Fsp3) is 0.591. The predicted molar refractivity (Wildman–Crippen MR) is 425 cm³/mol. The van der Waals surface area contributed by atoms with Crippen LogP contribution in [-0.2, 0) is 38.3 Å². The number of carbonyl (C=O) groups excluding carboxylic acids is 6. The Balaban J connectivity index is 1.89. The maximum atomic E-state index is 15.2. The molecule has 20 heteroatoms. The molecule has 1 aliphatic rings. The van der Waals surface area contributed by atoms with Crippen LogP contribution in [-0.4, -0.2) is 124 Å². The van der Waals surface area contributed by atoms with Gasteiger partial charge >= 0.3 is 18.2 Å². The van der Waals surface area contributed by atoms with Gasteiger partial charge in [0.15, 0.2) is 0 Å². The topological polar surface area (TPSA) is 246 Å². The minimum atomic E-state index is -0.691. The summed E-state index contributed by atoms with van der Waals surface area (Å²) < 4.78 is 55.8. The van der Waals surface area contributed by atoms with Crippen LogP contribution >= 0.6 is 0 Å². The average molecular weight is 1490 g/mol. The number of benzene rings is 3. The fourth-order valence-electron chi connectivity index (χ4n) is 11.8. The Bertz CT molecular complexity index is 3080. The minimum absolute atomic E-state index is 0.210. The summed E-state index contributed by atoms with van der Waals surface area (Å²) in [5.41, 5.74) is 0.846. The van der Waals surface area contributed by atoms with Crippen LogP contribution in [0.15, 0.2) is 36.4 Å². The van der Waals surface area contributed by atoms with Gasteiger partial charge in [-0.15, -0.1) is 74.1 Å². The molecule has 1 saturated carbocycles. The van der Waals surface area contributed by atoms with Crippen molar-refractivity contribution in [1.82, 2.24) is 26.6 Å². The Morgan fingerprint density at radius 1 is 0.343 bits per heavy atom. The van der Waals surface area contributed by atoms with E-state index in [-0.39, 0.29) is 87.9 Å². The number of alkyl carbamates (subject to hydrolysis) is 2. The lowest BCUT2D eigenvalue weighted by Crippen LogP contribution is -2.53. The summed E-state index contributed by atoms with van der Waals surface area (Å²) in [4.78, 5) is 83.9. The van der Waals surface area contributed by atoms with Crippen molar-refractivity contribution in [2.45, 2.75) is 283 Å². The molecule has 0 spiro atoms. The second-order valence-electron chi connectivity index (χ2n) is 30.0. The van der Waals surface area contributed by atoms with Gasteiger partial charge in [-0.1, -0.05) is 0 Å². The number of carbonyl (C=O) groups is 6. The van der Waals surface area contributed by atoms with Crippen LogP contribution in [0.4, 0.5) is 9.59 Å². The zero-order valence-electron chi connectivity index (χ0n) is 65.9. The Morgan fingerprint density at radius 2 is 0.583 bits per heavy atom. The number of terminal acetylenes is 6. The van der Waals surface area contributed by atoms with Gasteiger partial charge in [-0.3, -0.25) is 19.2 Å². The van der Waals surface area contributed by atoms with Crippen molar-refractivity contribution in [3.63, 3.8) is 0 Å². The number of hydrogen-bond donors (Lipinski definition) is 5. The fourth-order valence-corrected chi connectivity index (χ4v) is 11.8. The number of amides is 5. The van der Waals surface area contributed by atoms with E-state index < -0.39 is 64.8 Å². The number of ether oxygens (including phenoxy) is 9. The van der Waals surface area contributed by atoms with E-state index in [1.807, 2.05) is 20.8 Å². The molecular weight excluding hydrogens is 1370 g/mol. The lowest BCUT2D eigenvalue weighted by atomic mass is 9.86. The highest BCUT2D eigenvalue weighted by Gasteiger charge is 2.34. The molecule has 0 saturated heterocycles. The van der Waals surface area contributed by atoms with Crippen molar-refractivity contribution in [3.8, 4) is 109 Å². The van der Waals surface area contributed by atoms with E-state index in [0.717, 1.165) is 18.4 Å². The average Bonchev–Trinajstić information content (AvgIpc) is 0.814. The van der Waals surface area contributed by atoms with Crippen LogP contribution in [0, 0.1) is 74.1 Å². The van der Waals surface area contributed by atoms with Gasteiger partial charge in [0, 0.05) is 110 Å². The third-order valence-corrected chi connectivity index (χ3v) is 16.9. The number of nitrogens with one attached hydrogen (secondary N) is 5. The molecule has 5 N–H and O–H groups in total. The first kappa shape index (κ1) is 90.6. The van der Waals surface area contributed by atoms with Crippen LogP contribution in [0.25, 0.3) is 0 Å². The van der Waals surface area contributed by atoms with Gasteiger partial charge in [-0.05, 0) is 240 Å². The summed E-state index contributed by atoms with van der Waals surface area (Å²) in [6, 6.07) is 8.22. The van der Waals surface area contributed by atoms with Gasteiger partial charge in [0.2, 0.25) is 0 Å². The SMILES string of the molecule is C#CCCCCOc1cc(C(=O)NC2C[C@@H](NC(=O)c3cc(OCCCCC#C)c(CCCNC(=O)OC(C)(C)C)c(OCCCCC#C)c3)C[C@@H](NC(=O)c3cc(OCCCCC#C)c(CCCNC(=O)OC(C)(C)C)c(OCCCCC#C)c3)C2)cc(OCCCCC#C)c1CCCCC(=O)OC(C)(C)C. The Labute approximate surface area is 645 Å². The highest BCUT2D eigenvalue weighted by atomic mass is 16.6. The third-order valence-electron chi connectivity index (χ3n) is 16.9. The molecule has 0 bridgehead atoms. The number of hydrogen-bond acceptors (Lipinski definition) is 15. The highest BCUT2D eigenvalue weighted by molar-refractivity contribution is 5.97. The zero-order valence-corrected chi connectivity index (χ0v) is 65.9. The van der Waals surface area contributed by atoms with Crippen LogP contribution < -0.4 is 55.0 Å². The molecule has 3 atom stereocenters. The number of rotatable bonds is 49. The van der Waals surface area contributed by atoms with Crippen molar-refractivity contribution in [3.05, 3.63) is 69.8 Å². The van der Waals surface area contributed by atoms with E-state index in [0.29, 0.717) is 207 Å². The molecule has 1 aliphatic carbocycles. The van der Waals surface area contributed by atoms with E-state index in [1.54, 1.807) is 77.9 Å². The molecule has 3 aromatic rings. The van der Waals surface area contributed by atoms with Crippen molar-refractivity contribution < 1.29 is 71.4 Å².